The maximum absolute atomic E-state index is 11.1. The monoisotopic (exact) mass is 224 g/mol. The summed E-state index contributed by atoms with van der Waals surface area (Å²) in [6, 6.07) is 7.53. The van der Waals surface area contributed by atoms with Crippen LogP contribution >= 0.6 is 0 Å². The van der Waals surface area contributed by atoms with Gasteiger partial charge in [-0.3, -0.25) is 4.79 Å². The van der Waals surface area contributed by atoms with Crippen molar-refractivity contribution in [2.75, 3.05) is 13.7 Å². The second-order valence-corrected chi connectivity index (χ2v) is 3.48. The molecule has 1 aromatic rings. The molecule has 0 aliphatic heterocycles. The molecule has 0 saturated carbocycles. The topological polar surface area (TPSA) is 63.2 Å². The first-order chi connectivity index (χ1) is 7.67. The van der Waals surface area contributed by atoms with Crippen molar-refractivity contribution in [1.82, 2.24) is 0 Å². The molecule has 3 N–H and O–H groups in total. The molecular formula is C12H18NO3+. The van der Waals surface area contributed by atoms with E-state index in [1.165, 1.54) is 7.11 Å². The van der Waals surface area contributed by atoms with E-state index in [0.717, 1.165) is 11.3 Å². The van der Waals surface area contributed by atoms with E-state index in [2.05, 4.69) is 10.5 Å². The van der Waals surface area contributed by atoms with E-state index >= 15 is 0 Å². The molecule has 0 heterocycles. The van der Waals surface area contributed by atoms with Crippen molar-refractivity contribution in [3.8, 4) is 5.75 Å². The number of carbonyl (C=O) groups is 1. The Morgan fingerprint density at radius 2 is 2.00 bits per heavy atom. The Morgan fingerprint density at radius 3 is 2.50 bits per heavy atom. The third-order valence-corrected chi connectivity index (χ3v) is 2.30. The van der Waals surface area contributed by atoms with Crippen LogP contribution in [0.1, 0.15) is 24.9 Å². The summed E-state index contributed by atoms with van der Waals surface area (Å²) in [5, 5.41) is 0. The second kappa shape index (κ2) is 6.12. The van der Waals surface area contributed by atoms with E-state index in [0.29, 0.717) is 13.0 Å². The summed E-state index contributed by atoms with van der Waals surface area (Å²) in [4.78, 5) is 11.1. The molecule has 4 heteroatoms. The lowest BCUT2D eigenvalue weighted by atomic mass is 10.0. The van der Waals surface area contributed by atoms with Crippen LogP contribution < -0.4 is 10.5 Å². The predicted molar refractivity (Wildman–Crippen MR) is 59.9 cm³/mol. The highest BCUT2D eigenvalue weighted by Gasteiger charge is 2.14. The number of hydrogen-bond acceptors (Lipinski definition) is 3. The molecule has 0 radical (unpaired) electrons. The fourth-order valence-electron chi connectivity index (χ4n) is 1.41. The van der Waals surface area contributed by atoms with Crippen LogP contribution in [0.15, 0.2) is 24.3 Å². The minimum atomic E-state index is -0.242. The summed E-state index contributed by atoms with van der Waals surface area (Å²) in [5.41, 5.74) is 4.94. The van der Waals surface area contributed by atoms with Crippen LogP contribution in [0, 0.1) is 0 Å². The number of benzene rings is 1. The SMILES string of the molecule is CCOc1ccc(C([NH3+])CC(=O)OC)cc1. The number of esters is 1. The van der Waals surface area contributed by atoms with Crippen molar-refractivity contribution in [2.45, 2.75) is 19.4 Å². The number of hydrogen-bond donors (Lipinski definition) is 1. The van der Waals surface area contributed by atoms with Crippen molar-refractivity contribution >= 4 is 5.97 Å². The molecule has 0 fully saturated rings. The molecule has 0 amide bonds. The molecule has 0 aromatic heterocycles. The first-order valence-corrected chi connectivity index (χ1v) is 5.30. The lowest BCUT2D eigenvalue weighted by Gasteiger charge is -2.08. The Bertz CT molecular complexity index is 335. The second-order valence-electron chi connectivity index (χ2n) is 3.48. The zero-order valence-corrected chi connectivity index (χ0v) is 9.73. The van der Waals surface area contributed by atoms with E-state index in [4.69, 9.17) is 4.74 Å². The van der Waals surface area contributed by atoms with Gasteiger partial charge >= 0.3 is 5.97 Å². The highest BCUT2D eigenvalue weighted by Crippen LogP contribution is 2.17. The molecule has 88 valence electrons. The van der Waals surface area contributed by atoms with Crippen molar-refractivity contribution in [3.05, 3.63) is 29.8 Å². The quantitative estimate of drug-likeness (QED) is 0.757. The Labute approximate surface area is 95.3 Å². The van der Waals surface area contributed by atoms with Gasteiger partial charge in [-0.05, 0) is 31.2 Å². The molecule has 1 rings (SSSR count). The highest BCUT2D eigenvalue weighted by atomic mass is 16.5. The lowest BCUT2D eigenvalue weighted by molar-refractivity contribution is -0.425. The van der Waals surface area contributed by atoms with E-state index in [1.54, 1.807) is 0 Å². The normalized spacial score (nSPS) is 11.9. The van der Waals surface area contributed by atoms with Crippen LogP contribution in [0.3, 0.4) is 0 Å². The maximum atomic E-state index is 11.1. The summed E-state index contributed by atoms with van der Waals surface area (Å²) < 4.78 is 9.93. The smallest absolute Gasteiger partial charge is 0.311 e. The van der Waals surface area contributed by atoms with Gasteiger partial charge in [0, 0.05) is 5.56 Å². The molecule has 0 spiro atoms. The first kappa shape index (κ1) is 12.5. The molecule has 0 aliphatic rings. The van der Waals surface area contributed by atoms with E-state index in [1.807, 2.05) is 31.2 Å². The average Bonchev–Trinajstić information content (AvgIpc) is 2.30. The summed E-state index contributed by atoms with van der Waals surface area (Å²) >= 11 is 0. The van der Waals surface area contributed by atoms with Crippen molar-refractivity contribution in [3.63, 3.8) is 0 Å². The van der Waals surface area contributed by atoms with Gasteiger partial charge in [-0.2, -0.15) is 0 Å². The number of quaternary nitrogens is 1. The molecule has 0 aliphatic carbocycles. The number of ether oxygens (including phenoxy) is 2. The van der Waals surface area contributed by atoms with Crippen LogP contribution in [0.4, 0.5) is 0 Å². The van der Waals surface area contributed by atoms with Gasteiger partial charge < -0.3 is 15.2 Å². The molecule has 0 saturated heterocycles. The van der Waals surface area contributed by atoms with Crippen LogP contribution in [0.2, 0.25) is 0 Å². The molecule has 1 unspecified atom stereocenters. The maximum Gasteiger partial charge on any atom is 0.311 e. The Morgan fingerprint density at radius 1 is 1.38 bits per heavy atom. The molecule has 0 bridgehead atoms. The van der Waals surface area contributed by atoms with Gasteiger partial charge in [-0.15, -0.1) is 0 Å². The zero-order chi connectivity index (χ0) is 12.0. The summed E-state index contributed by atoms with van der Waals surface area (Å²) in [6.07, 6.45) is 0.296. The van der Waals surface area contributed by atoms with Crippen molar-refractivity contribution in [1.29, 1.82) is 0 Å². The minimum Gasteiger partial charge on any atom is -0.494 e. The number of methoxy groups -OCH3 is 1. The Kier molecular flexibility index (Phi) is 4.79. The summed E-state index contributed by atoms with van der Waals surface area (Å²) in [5.74, 6) is 0.588. The Balaban J connectivity index is 2.62. The van der Waals surface area contributed by atoms with Gasteiger partial charge in [0.2, 0.25) is 0 Å². The van der Waals surface area contributed by atoms with Gasteiger partial charge in [-0.1, -0.05) is 0 Å². The predicted octanol–water partition coefficient (Wildman–Crippen LogP) is 0.931. The van der Waals surface area contributed by atoms with E-state index < -0.39 is 0 Å². The summed E-state index contributed by atoms with van der Waals surface area (Å²) in [6.45, 7) is 2.59. The Hall–Kier alpha value is -1.55. The van der Waals surface area contributed by atoms with Crippen LogP contribution in [-0.2, 0) is 9.53 Å². The van der Waals surface area contributed by atoms with Gasteiger partial charge in [0.15, 0.2) is 0 Å². The fraction of sp³-hybridized carbons (Fsp3) is 0.417. The van der Waals surface area contributed by atoms with Crippen molar-refractivity contribution in [2.24, 2.45) is 0 Å². The number of carbonyl (C=O) groups excluding carboxylic acids is 1. The summed E-state index contributed by atoms with van der Waals surface area (Å²) in [7, 11) is 1.38. The van der Waals surface area contributed by atoms with Gasteiger partial charge in [-0.25, -0.2) is 0 Å². The molecule has 16 heavy (non-hydrogen) atoms. The standard InChI is InChI=1S/C12H17NO3/c1-3-16-10-6-4-9(5-7-10)11(13)8-12(14)15-2/h4-7,11H,3,8,13H2,1-2H3/p+1. The zero-order valence-electron chi connectivity index (χ0n) is 9.73. The third-order valence-electron chi connectivity index (χ3n) is 2.30. The van der Waals surface area contributed by atoms with Crippen LogP contribution in [-0.4, -0.2) is 19.7 Å². The van der Waals surface area contributed by atoms with Gasteiger partial charge in [0.05, 0.1) is 13.7 Å². The first-order valence-electron chi connectivity index (χ1n) is 5.30. The minimum absolute atomic E-state index is 0.0804. The highest BCUT2D eigenvalue weighted by molar-refractivity contribution is 5.69. The van der Waals surface area contributed by atoms with E-state index in [9.17, 15) is 4.79 Å². The average molecular weight is 224 g/mol. The third kappa shape index (κ3) is 3.55. The van der Waals surface area contributed by atoms with Gasteiger partial charge in [0.1, 0.15) is 18.2 Å². The molecular weight excluding hydrogens is 206 g/mol. The molecule has 1 aromatic carbocycles. The largest absolute Gasteiger partial charge is 0.494 e. The van der Waals surface area contributed by atoms with Crippen LogP contribution in [0.5, 0.6) is 5.75 Å². The number of rotatable bonds is 5. The molecule has 1 atom stereocenters. The van der Waals surface area contributed by atoms with Gasteiger partial charge in [0.25, 0.3) is 0 Å². The van der Waals surface area contributed by atoms with Crippen LogP contribution in [0.25, 0.3) is 0 Å². The van der Waals surface area contributed by atoms with E-state index in [-0.39, 0.29) is 12.0 Å². The van der Waals surface area contributed by atoms with Crippen molar-refractivity contribution < 1.29 is 20.0 Å². The fourth-order valence-corrected chi connectivity index (χ4v) is 1.41. The lowest BCUT2D eigenvalue weighted by Crippen LogP contribution is -2.54. The molecule has 4 nitrogen and oxygen atoms in total.